The third kappa shape index (κ3) is 4.61. The van der Waals surface area contributed by atoms with Gasteiger partial charge in [-0.1, -0.05) is 0 Å². The standard InChI is InChI=1S/C14H18N2O9/c15-10-12(19)11(18)9(5-17)24-13(10)25-14(20)23-6-7-1-3-8(4-2-7)16(21)22/h1-4,9-13,17-19H,5-6,15H2/t9-,10-,11-,12-,13?/m1/s1. The zero-order valence-electron chi connectivity index (χ0n) is 12.9. The zero-order chi connectivity index (χ0) is 18.6. The summed E-state index contributed by atoms with van der Waals surface area (Å²) in [4.78, 5) is 21.7. The maximum Gasteiger partial charge on any atom is 0.511 e. The van der Waals surface area contributed by atoms with Gasteiger partial charge in [-0.05, 0) is 17.7 Å². The Bertz CT molecular complexity index is 607. The van der Waals surface area contributed by atoms with Gasteiger partial charge in [0.2, 0.25) is 6.29 Å². The smallest absolute Gasteiger partial charge is 0.429 e. The van der Waals surface area contributed by atoms with Crippen LogP contribution in [0.3, 0.4) is 0 Å². The second-order valence-electron chi connectivity index (χ2n) is 5.36. The van der Waals surface area contributed by atoms with Crippen LogP contribution in [0.2, 0.25) is 0 Å². The first kappa shape index (κ1) is 19.0. The summed E-state index contributed by atoms with van der Waals surface area (Å²) in [6.07, 6.45) is -6.62. The van der Waals surface area contributed by atoms with Crippen LogP contribution >= 0.6 is 0 Å². The van der Waals surface area contributed by atoms with Crippen LogP contribution in [0.25, 0.3) is 0 Å². The molecule has 0 bridgehead atoms. The van der Waals surface area contributed by atoms with E-state index in [4.69, 9.17) is 25.1 Å². The molecule has 5 atom stereocenters. The summed E-state index contributed by atoms with van der Waals surface area (Å²) < 4.78 is 14.8. The third-order valence-corrected chi connectivity index (χ3v) is 3.64. The minimum Gasteiger partial charge on any atom is -0.429 e. The molecule has 0 aliphatic carbocycles. The highest BCUT2D eigenvalue weighted by Gasteiger charge is 2.44. The SMILES string of the molecule is N[C@H]1C(OC(=O)OCc2ccc([N+](=O)[O-])cc2)O[C@H](CO)[C@@H](O)[C@@H]1O. The van der Waals surface area contributed by atoms with Crippen LogP contribution in [0.15, 0.2) is 24.3 Å². The minimum atomic E-state index is -1.46. The summed E-state index contributed by atoms with van der Waals surface area (Å²) in [5, 5.41) is 39.0. The van der Waals surface area contributed by atoms with Crippen LogP contribution in [0.5, 0.6) is 0 Å². The van der Waals surface area contributed by atoms with Crippen molar-refractivity contribution in [1.29, 1.82) is 0 Å². The number of aliphatic hydroxyl groups excluding tert-OH is 3. The number of nitrogens with two attached hydrogens (primary N) is 1. The lowest BCUT2D eigenvalue weighted by Crippen LogP contribution is -2.62. The first-order valence-corrected chi connectivity index (χ1v) is 7.28. The lowest BCUT2D eigenvalue weighted by atomic mass is 9.98. The van der Waals surface area contributed by atoms with E-state index in [9.17, 15) is 25.1 Å². The monoisotopic (exact) mass is 358 g/mol. The Morgan fingerprint density at radius 1 is 1.28 bits per heavy atom. The third-order valence-electron chi connectivity index (χ3n) is 3.64. The van der Waals surface area contributed by atoms with E-state index >= 15 is 0 Å². The summed E-state index contributed by atoms with van der Waals surface area (Å²) in [6, 6.07) is 4.11. The molecule has 1 saturated heterocycles. The molecular formula is C14H18N2O9. The fourth-order valence-corrected chi connectivity index (χ4v) is 2.19. The molecular weight excluding hydrogens is 340 g/mol. The Morgan fingerprint density at radius 2 is 1.92 bits per heavy atom. The summed E-state index contributed by atoms with van der Waals surface area (Å²) in [5.74, 6) is 0. The van der Waals surface area contributed by atoms with Gasteiger partial charge < -0.3 is 35.3 Å². The molecule has 11 heteroatoms. The van der Waals surface area contributed by atoms with Gasteiger partial charge in [0.1, 0.15) is 24.9 Å². The van der Waals surface area contributed by atoms with Gasteiger partial charge in [0.05, 0.1) is 17.6 Å². The van der Waals surface area contributed by atoms with Gasteiger partial charge in [0.15, 0.2) is 0 Å². The van der Waals surface area contributed by atoms with Crippen LogP contribution < -0.4 is 5.73 Å². The molecule has 1 fully saturated rings. The highest BCUT2D eigenvalue weighted by atomic mass is 16.8. The summed E-state index contributed by atoms with van der Waals surface area (Å²) in [7, 11) is 0. The van der Waals surface area contributed by atoms with Crippen molar-refractivity contribution in [2.24, 2.45) is 5.73 Å². The summed E-state index contributed by atoms with van der Waals surface area (Å²) in [6.45, 7) is -0.823. The number of aliphatic hydroxyl groups is 3. The van der Waals surface area contributed by atoms with Crippen molar-refractivity contribution >= 4 is 11.8 Å². The molecule has 0 saturated carbocycles. The van der Waals surface area contributed by atoms with Crippen molar-refractivity contribution in [3.63, 3.8) is 0 Å². The highest BCUT2D eigenvalue weighted by molar-refractivity contribution is 5.60. The van der Waals surface area contributed by atoms with Crippen molar-refractivity contribution in [2.75, 3.05) is 6.61 Å². The number of carbonyl (C=O) groups is 1. The van der Waals surface area contributed by atoms with Gasteiger partial charge in [-0.3, -0.25) is 10.1 Å². The van der Waals surface area contributed by atoms with Crippen molar-refractivity contribution in [1.82, 2.24) is 0 Å². The van der Waals surface area contributed by atoms with E-state index in [1.807, 2.05) is 0 Å². The van der Waals surface area contributed by atoms with Crippen LogP contribution in [-0.4, -0.2) is 63.6 Å². The first-order valence-electron chi connectivity index (χ1n) is 7.28. The lowest BCUT2D eigenvalue weighted by molar-refractivity contribution is -0.384. The molecule has 1 aromatic rings. The Morgan fingerprint density at radius 3 is 2.48 bits per heavy atom. The Balaban J connectivity index is 1.87. The molecule has 0 radical (unpaired) electrons. The Hall–Kier alpha value is -2.31. The largest absolute Gasteiger partial charge is 0.511 e. The number of nitro groups is 1. The van der Waals surface area contributed by atoms with Crippen molar-refractivity contribution in [2.45, 2.75) is 37.3 Å². The molecule has 1 unspecified atom stereocenters. The van der Waals surface area contributed by atoms with E-state index in [1.54, 1.807) is 0 Å². The fourth-order valence-electron chi connectivity index (χ4n) is 2.19. The molecule has 11 nitrogen and oxygen atoms in total. The Labute approximate surface area is 141 Å². The van der Waals surface area contributed by atoms with E-state index in [-0.39, 0.29) is 12.3 Å². The molecule has 138 valence electrons. The van der Waals surface area contributed by atoms with E-state index in [2.05, 4.69) is 0 Å². The molecule has 0 aromatic heterocycles. The highest BCUT2D eigenvalue weighted by Crippen LogP contribution is 2.21. The van der Waals surface area contributed by atoms with Crippen LogP contribution in [0.1, 0.15) is 5.56 Å². The van der Waals surface area contributed by atoms with E-state index in [0.717, 1.165) is 0 Å². The normalized spacial score (nSPS) is 29.0. The van der Waals surface area contributed by atoms with E-state index in [1.165, 1.54) is 24.3 Å². The van der Waals surface area contributed by atoms with Gasteiger partial charge in [0, 0.05) is 12.1 Å². The molecule has 1 aliphatic heterocycles. The van der Waals surface area contributed by atoms with Gasteiger partial charge in [0.25, 0.3) is 5.69 Å². The van der Waals surface area contributed by atoms with E-state index in [0.29, 0.717) is 5.56 Å². The van der Waals surface area contributed by atoms with Crippen LogP contribution in [0.4, 0.5) is 10.5 Å². The molecule has 1 heterocycles. The maximum atomic E-state index is 11.7. The zero-order valence-corrected chi connectivity index (χ0v) is 12.9. The molecule has 0 amide bonds. The molecule has 1 aromatic carbocycles. The van der Waals surface area contributed by atoms with Crippen molar-refractivity contribution < 1.29 is 39.2 Å². The van der Waals surface area contributed by atoms with Crippen LogP contribution in [-0.2, 0) is 20.8 Å². The number of benzene rings is 1. The molecule has 2 rings (SSSR count). The van der Waals surface area contributed by atoms with E-state index < -0.39 is 48.3 Å². The Kier molecular flexibility index (Phi) is 6.22. The first-order chi connectivity index (χ1) is 11.8. The molecule has 1 aliphatic rings. The quantitative estimate of drug-likeness (QED) is 0.291. The van der Waals surface area contributed by atoms with Gasteiger partial charge in [-0.15, -0.1) is 0 Å². The number of hydrogen-bond acceptors (Lipinski definition) is 10. The van der Waals surface area contributed by atoms with Gasteiger partial charge in [-0.2, -0.15) is 0 Å². The lowest BCUT2D eigenvalue weighted by Gasteiger charge is -2.39. The maximum absolute atomic E-state index is 11.7. The summed E-state index contributed by atoms with van der Waals surface area (Å²) in [5.41, 5.74) is 6.00. The minimum absolute atomic E-state index is 0.101. The predicted octanol–water partition coefficient (Wildman–Crippen LogP) is -0.986. The van der Waals surface area contributed by atoms with Crippen LogP contribution in [0, 0.1) is 10.1 Å². The topological polar surface area (TPSA) is 175 Å². The van der Waals surface area contributed by atoms with Crippen molar-refractivity contribution in [3.05, 3.63) is 39.9 Å². The second-order valence-corrected chi connectivity index (χ2v) is 5.36. The fraction of sp³-hybridized carbons (Fsp3) is 0.500. The number of nitrogens with zero attached hydrogens (tertiary/aromatic N) is 1. The van der Waals surface area contributed by atoms with Crippen molar-refractivity contribution in [3.8, 4) is 0 Å². The van der Waals surface area contributed by atoms with Gasteiger partial charge >= 0.3 is 6.16 Å². The predicted molar refractivity (Wildman–Crippen MR) is 80.1 cm³/mol. The number of carbonyl (C=O) groups excluding carboxylic acids is 1. The molecule has 5 N–H and O–H groups in total. The number of non-ortho nitro benzene ring substituents is 1. The number of ether oxygens (including phenoxy) is 3. The summed E-state index contributed by atoms with van der Waals surface area (Å²) >= 11 is 0. The molecule has 0 spiro atoms. The average Bonchev–Trinajstić information content (AvgIpc) is 2.60. The molecule has 25 heavy (non-hydrogen) atoms. The number of hydrogen-bond donors (Lipinski definition) is 4. The van der Waals surface area contributed by atoms with Gasteiger partial charge in [-0.25, -0.2) is 4.79 Å². The number of rotatable bonds is 5. The average molecular weight is 358 g/mol. The second kappa shape index (κ2) is 8.18. The number of nitro benzene ring substituents is 1.